The van der Waals surface area contributed by atoms with Crippen LogP contribution in [0.3, 0.4) is 0 Å². The summed E-state index contributed by atoms with van der Waals surface area (Å²) in [5.74, 6) is -0.222. The third kappa shape index (κ3) is 4.89. The summed E-state index contributed by atoms with van der Waals surface area (Å²) in [6.45, 7) is 4.15. The Hall–Kier alpha value is -1.59. The van der Waals surface area contributed by atoms with Crippen LogP contribution in [0.5, 0.6) is 0 Å². The second-order valence-corrected chi connectivity index (χ2v) is 4.65. The van der Waals surface area contributed by atoms with Crippen molar-refractivity contribution in [2.45, 2.75) is 25.9 Å². The Morgan fingerprint density at radius 1 is 1.37 bits per heavy atom. The molecular formula is C14H22N2O3. The maximum Gasteiger partial charge on any atom is 0.253 e. The first-order valence-electron chi connectivity index (χ1n) is 6.34. The molecular weight excluding hydrogens is 244 g/mol. The van der Waals surface area contributed by atoms with Crippen LogP contribution in [0.15, 0.2) is 24.3 Å². The summed E-state index contributed by atoms with van der Waals surface area (Å²) >= 11 is 0. The lowest BCUT2D eigenvalue weighted by Gasteiger charge is -2.18. The molecule has 0 aromatic heterocycles. The van der Waals surface area contributed by atoms with Crippen molar-refractivity contribution in [3.05, 3.63) is 29.8 Å². The van der Waals surface area contributed by atoms with Gasteiger partial charge in [0.2, 0.25) is 0 Å². The van der Waals surface area contributed by atoms with Gasteiger partial charge in [-0.05, 0) is 26.0 Å². The molecule has 19 heavy (non-hydrogen) atoms. The standard InChI is InChI=1S/C14H22N2O3/c1-10(2)15-13-7-5-4-6-12(13)14(18)16-11(8-17)9-19-3/h4-7,10-11,15,17H,8-9H2,1-3H3,(H,16,18). The van der Waals surface area contributed by atoms with Gasteiger partial charge in [0.05, 0.1) is 24.8 Å². The molecule has 0 aliphatic rings. The topological polar surface area (TPSA) is 70.6 Å². The summed E-state index contributed by atoms with van der Waals surface area (Å²) in [6, 6.07) is 7.14. The van der Waals surface area contributed by atoms with Gasteiger partial charge in [-0.25, -0.2) is 0 Å². The first kappa shape index (κ1) is 15.5. The van der Waals surface area contributed by atoms with Crippen LogP contribution >= 0.6 is 0 Å². The van der Waals surface area contributed by atoms with E-state index in [0.717, 1.165) is 5.69 Å². The molecule has 0 spiro atoms. The lowest BCUT2D eigenvalue weighted by Crippen LogP contribution is -2.40. The molecule has 0 fully saturated rings. The van der Waals surface area contributed by atoms with E-state index >= 15 is 0 Å². The maximum atomic E-state index is 12.2. The zero-order chi connectivity index (χ0) is 14.3. The average molecular weight is 266 g/mol. The van der Waals surface area contributed by atoms with Crippen LogP contribution in [0.4, 0.5) is 5.69 Å². The number of hydrogen-bond donors (Lipinski definition) is 3. The summed E-state index contributed by atoms with van der Waals surface area (Å²) in [7, 11) is 1.53. The molecule has 1 unspecified atom stereocenters. The smallest absolute Gasteiger partial charge is 0.253 e. The van der Waals surface area contributed by atoms with Crippen molar-refractivity contribution < 1.29 is 14.6 Å². The number of ether oxygens (including phenoxy) is 1. The monoisotopic (exact) mass is 266 g/mol. The Labute approximate surface area is 114 Å². The van der Waals surface area contributed by atoms with Crippen molar-refractivity contribution in [3.8, 4) is 0 Å². The van der Waals surface area contributed by atoms with Crippen molar-refractivity contribution in [3.63, 3.8) is 0 Å². The highest BCUT2D eigenvalue weighted by Crippen LogP contribution is 2.16. The molecule has 1 amide bonds. The summed E-state index contributed by atoms with van der Waals surface area (Å²) in [5.41, 5.74) is 1.34. The Morgan fingerprint density at radius 2 is 2.05 bits per heavy atom. The largest absolute Gasteiger partial charge is 0.394 e. The van der Waals surface area contributed by atoms with Crippen molar-refractivity contribution in [1.82, 2.24) is 5.32 Å². The van der Waals surface area contributed by atoms with Crippen LogP contribution in [0.2, 0.25) is 0 Å². The molecule has 5 heteroatoms. The van der Waals surface area contributed by atoms with E-state index in [1.165, 1.54) is 7.11 Å². The minimum absolute atomic E-state index is 0.153. The van der Waals surface area contributed by atoms with Gasteiger partial charge >= 0.3 is 0 Å². The van der Waals surface area contributed by atoms with Crippen molar-refractivity contribution in [1.29, 1.82) is 0 Å². The number of anilines is 1. The average Bonchev–Trinajstić information content (AvgIpc) is 2.38. The molecule has 0 saturated heterocycles. The van der Waals surface area contributed by atoms with E-state index in [2.05, 4.69) is 10.6 Å². The lowest BCUT2D eigenvalue weighted by atomic mass is 10.1. The third-order valence-corrected chi connectivity index (χ3v) is 2.54. The van der Waals surface area contributed by atoms with Gasteiger partial charge in [-0.15, -0.1) is 0 Å². The maximum absolute atomic E-state index is 12.2. The van der Waals surface area contributed by atoms with Crippen LogP contribution in [0.25, 0.3) is 0 Å². The molecule has 0 aliphatic carbocycles. The zero-order valence-corrected chi connectivity index (χ0v) is 11.6. The fourth-order valence-electron chi connectivity index (χ4n) is 1.72. The van der Waals surface area contributed by atoms with Crippen LogP contribution in [-0.2, 0) is 4.74 Å². The summed E-state index contributed by atoms with van der Waals surface area (Å²) < 4.78 is 4.94. The number of methoxy groups -OCH3 is 1. The van der Waals surface area contributed by atoms with Gasteiger partial charge in [-0.2, -0.15) is 0 Å². The fourth-order valence-corrected chi connectivity index (χ4v) is 1.72. The van der Waals surface area contributed by atoms with Gasteiger partial charge in [-0.1, -0.05) is 12.1 Å². The fraction of sp³-hybridized carbons (Fsp3) is 0.500. The van der Waals surface area contributed by atoms with E-state index in [-0.39, 0.29) is 25.2 Å². The third-order valence-electron chi connectivity index (χ3n) is 2.54. The number of carbonyl (C=O) groups excluding carboxylic acids is 1. The van der Waals surface area contributed by atoms with E-state index in [1.807, 2.05) is 32.0 Å². The van der Waals surface area contributed by atoms with Gasteiger partial charge < -0.3 is 20.5 Å². The van der Waals surface area contributed by atoms with E-state index < -0.39 is 6.04 Å². The van der Waals surface area contributed by atoms with Crippen LogP contribution < -0.4 is 10.6 Å². The first-order valence-corrected chi connectivity index (χ1v) is 6.34. The zero-order valence-electron chi connectivity index (χ0n) is 11.6. The van der Waals surface area contributed by atoms with Gasteiger partial charge in [0, 0.05) is 18.8 Å². The highest BCUT2D eigenvalue weighted by atomic mass is 16.5. The molecule has 0 saturated carbocycles. The number of amides is 1. The highest BCUT2D eigenvalue weighted by Gasteiger charge is 2.15. The number of rotatable bonds is 7. The predicted molar refractivity (Wildman–Crippen MR) is 75.4 cm³/mol. The van der Waals surface area contributed by atoms with Gasteiger partial charge in [0.1, 0.15) is 0 Å². The molecule has 0 aliphatic heterocycles. The van der Waals surface area contributed by atoms with Crippen molar-refractivity contribution in [2.24, 2.45) is 0 Å². The normalized spacial score (nSPS) is 12.3. The molecule has 1 aromatic carbocycles. The summed E-state index contributed by atoms with van der Waals surface area (Å²) in [4.78, 5) is 12.2. The van der Waals surface area contributed by atoms with Gasteiger partial charge in [0.25, 0.3) is 5.91 Å². The Balaban J connectivity index is 2.81. The molecule has 0 bridgehead atoms. The number of aliphatic hydroxyl groups excluding tert-OH is 1. The van der Waals surface area contributed by atoms with E-state index in [1.54, 1.807) is 6.07 Å². The highest BCUT2D eigenvalue weighted by molar-refractivity contribution is 5.99. The number of aliphatic hydroxyl groups is 1. The molecule has 0 radical (unpaired) electrons. The number of carbonyl (C=O) groups is 1. The van der Waals surface area contributed by atoms with E-state index in [9.17, 15) is 4.79 Å². The predicted octanol–water partition coefficient (Wildman–Crippen LogP) is 1.24. The summed E-state index contributed by atoms with van der Waals surface area (Å²) in [6.07, 6.45) is 0. The molecule has 1 aromatic rings. The molecule has 106 valence electrons. The van der Waals surface area contributed by atoms with E-state index in [0.29, 0.717) is 5.56 Å². The van der Waals surface area contributed by atoms with E-state index in [4.69, 9.17) is 9.84 Å². The molecule has 0 heterocycles. The second-order valence-electron chi connectivity index (χ2n) is 4.65. The van der Waals surface area contributed by atoms with Crippen LogP contribution in [-0.4, -0.2) is 43.4 Å². The van der Waals surface area contributed by atoms with Crippen molar-refractivity contribution >= 4 is 11.6 Å². The first-order chi connectivity index (χ1) is 9.08. The van der Waals surface area contributed by atoms with Crippen LogP contribution in [0, 0.1) is 0 Å². The van der Waals surface area contributed by atoms with Crippen LogP contribution in [0.1, 0.15) is 24.2 Å². The number of para-hydroxylation sites is 1. The molecule has 1 atom stereocenters. The minimum atomic E-state index is -0.399. The number of nitrogens with one attached hydrogen (secondary N) is 2. The van der Waals surface area contributed by atoms with Gasteiger partial charge in [-0.3, -0.25) is 4.79 Å². The minimum Gasteiger partial charge on any atom is -0.394 e. The number of benzene rings is 1. The number of hydrogen-bond acceptors (Lipinski definition) is 4. The summed E-state index contributed by atoms with van der Waals surface area (Å²) in [5, 5.41) is 15.1. The second kappa shape index (κ2) is 7.76. The molecule has 3 N–H and O–H groups in total. The van der Waals surface area contributed by atoms with Gasteiger partial charge in [0.15, 0.2) is 0 Å². The lowest BCUT2D eigenvalue weighted by molar-refractivity contribution is 0.0840. The van der Waals surface area contributed by atoms with Crippen molar-refractivity contribution in [2.75, 3.05) is 25.6 Å². The Morgan fingerprint density at radius 3 is 2.63 bits per heavy atom. The quantitative estimate of drug-likeness (QED) is 0.694. The molecule has 5 nitrogen and oxygen atoms in total. The Kier molecular flexibility index (Phi) is 6.32. The molecule has 1 rings (SSSR count). The SMILES string of the molecule is COCC(CO)NC(=O)c1ccccc1NC(C)C. The Bertz CT molecular complexity index is 407.